The molecule has 0 saturated carbocycles. The lowest BCUT2D eigenvalue weighted by Gasteiger charge is -2.37. The lowest BCUT2D eigenvalue weighted by atomic mass is 10.0. The van der Waals surface area contributed by atoms with Gasteiger partial charge >= 0.3 is 0 Å². The first-order valence-electron chi connectivity index (χ1n) is 6.87. The number of nitrogens with zero attached hydrogens (tertiary/aromatic N) is 1. The Hall–Kier alpha value is -1.03. The van der Waals surface area contributed by atoms with Gasteiger partial charge in [-0.15, -0.1) is 0 Å². The largest absolute Gasteiger partial charge is 0.508 e. The molecule has 2 atom stereocenters. The average Bonchev–Trinajstić information content (AvgIpc) is 2.65. The van der Waals surface area contributed by atoms with Crippen molar-refractivity contribution < 1.29 is 9.90 Å². The monoisotopic (exact) mass is 323 g/mol. The van der Waals surface area contributed by atoms with Crippen LogP contribution < -0.4 is 0 Å². The molecule has 2 unspecified atom stereocenters. The number of aromatic hydroxyl groups is 1. The summed E-state index contributed by atoms with van der Waals surface area (Å²) >= 11 is 3.69. The minimum atomic E-state index is 0.161. The second kappa shape index (κ2) is 5.16. The molecule has 3 rings (SSSR count). The highest BCUT2D eigenvalue weighted by Gasteiger charge is 2.42. The normalized spacial score (nSPS) is 29.5. The molecule has 1 amide bonds. The van der Waals surface area contributed by atoms with E-state index in [4.69, 9.17) is 0 Å². The fourth-order valence-electron chi connectivity index (χ4n) is 3.43. The van der Waals surface area contributed by atoms with E-state index in [-0.39, 0.29) is 11.7 Å². The molecule has 2 heterocycles. The minimum Gasteiger partial charge on any atom is -0.508 e. The third-order valence-corrected chi connectivity index (χ3v) is 5.04. The molecule has 0 aliphatic carbocycles. The molecule has 1 aromatic rings. The molecule has 1 N–H and O–H groups in total. The van der Waals surface area contributed by atoms with Gasteiger partial charge in [-0.3, -0.25) is 4.79 Å². The summed E-state index contributed by atoms with van der Waals surface area (Å²) in [6.45, 7) is 0. The van der Waals surface area contributed by atoms with Crippen LogP contribution in [0.4, 0.5) is 0 Å². The van der Waals surface area contributed by atoms with Crippen molar-refractivity contribution in [2.24, 2.45) is 0 Å². The van der Waals surface area contributed by atoms with Gasteiger partial charge in [-0.1, -0.05) is 34.1 Å². The van der Waals surface area contributed by atoms with E-state index in [2.05, 4.69) is 20.8 Å². The zero-order chi connectivity index (χ0) is 13.4. The van der Waals surface area contributed by atoms with Crippen LogP contribution in [0.3, 0.4) is 0 Å². The number of benzene rings is 1. The molecule has 0 radical (unpaired) electrons. The van der Waals surface area contributed by atoms with Gasteiger partial charge in [0.1, 0.15) is 5.75 Å². The minimum absolute atomic E-state index is 0.161. The number of carbonyl (C=O) groups excluding carboxylic acids is 1. The first-order chi connectivity index (χ1) is 9.15. The number of amides is 1. The maximum atomic E-state index is 12.5. The van der Waals surface area contributed by atoms with E-state index in [9.17, 15) is 9.90 Å². The quantitative estimate of drug-likeness (QED) is 0.850. The van der Waals surface area contributed by atoms with E-state index in [1.54, 1.807) is 12.1 Å². The number of para-hydroxylation sites is 1. The van der Waals surface area contributed by atoms with Crippen LogP contribution in [0.15, 0.2) is 24.3 Å². The van der Waals surface area contributed by atoms with Gasteiger partial charge in [0, 0.05) is 22.5 Å². The van der Waals surface area contributed by atoms with Crippen molar-refractivity contribution in [3.05, 3.63) is 29.8 Å². The molecular formula is C15H18BrNO2. The van der Waals surface area contributed by atoms with E-state index >= 15 is 0 Å². The van der Waals surface area contributed by atoms with Gasteiger partial charge in [-0.25, -0.2) is 0 Å². The lowest BCUT2D eigenvalue weighted by Crippen LogP contribution is -2.47. The van der Waals surface area contributed by atoms with Gasteiger partial charge in [0.2, 0.25) is 5.91 Å². The molecule has 2 aliphatic heterocycles. The second-order valence-electron chi connectivity index (χ2n) is 5.56. The number of fused-ring (bicyclic) bond motifs is 2. The molecule has 2 saturated heterocycles. The number of hydrogen-bond acceptors (Lipinski definition) is 2. The smallest absolute Gasteiger partial charge is 0.227 e. The molecule has 2 bridgehead atoms. The number of hydrogen-bond donors (Lipinski definition) is 1. The molecule has 1 aromatic carbocycles. The summed E-state index contributed by atoms with van der Waals surface area (Å²) in [5.74, 6) is 0.381. The fraction of sp³-hybridized carbons (Fsp3) is 0.533. The average molecular weight is 324 g/mol. The Morgan fingerprint density at radius 1 is 1.26 bits per heavy atom. The number of piperidine rings is 1. The van der Waals surface area contributed by atoms with E-state index < -0.39 is 0 Å². The molecule has 102 valence electrons. The summed E-state index contributed by atoms with van der Waals surface area (Å²) in [5.41, 5.74) is 0.730. The molecule has 3 nitrogen and oxygen atoms in total. The van der Waals surface area contributed by atoms with E-state index in [1.807, 2.05) is 12.1 Å². The Kier molecular flexibility index (Phi) is 3.52. The van der Waals surface area contributed by atoms with Crippen LogP contribution in [-0.4, -0.2) is 32.8 Å². The molecule has 2 fully saturated rings. The molecule has 4 heteroatoms. The van der Waals surface area contributed by atoms with Gasteiger partial charge < -0.3 is 10.0 Å². The van der Waals surface area contributed by atoms with Gasteiger partial charge in [0.05, 0.1) is 6.42 Å². The summed E-state index contributed by atoms with van der Waals surface area (Å²) in [7, 11) is 0. The van der Waals surface area contributed by atoms with E-state index in [1.165, 1.54) is 0 Å². The molecule has 0 aromatic heterocycles. The zero-order valence-corrected chi connectivity index (χ0v) is 12.3. The van der Waals surface area contributed by atoms with Crippen molar-refractivity contribution in [3.63, 3.8) is 0 Å². The topological polar surface area (TPSA) is 40.5 Å². The second-order valence-corrected chi connectivity index (χ2v) is 6.86. The highest BCUT2D eigenvalue weighted by atomic mass is 79.9. The Bertz CT molecular complexity index is 477. The zero-order valence-electron chi connectivity index (χ0n) is 10.8. The van der Waals surface area contributed by atoms with Gasteiger partial charge in [-0.05, 0) is 31.7 Å². The number of rotatable bonds is 2. The fourth-order valence-corrected chi connectivity index (χ4v) is 4.30. The lowest BCUT2D eigenvalue weighted by molar-refractivity contribution is -0.134. The van der Waals surface area contributed by atoms with Crippen LogP contribution in [0.25, 0.3) is 0 Å². The summed E-state index contributed by atoms with van der Waals surface area (Å²) < 4.78 is 0. The third-order valence-electron chi connectivity index (χ3n) is 4.30. The molecular weight excluding hydrogens is 306 g/mol. The van der Waals surface area contributed by atoms with Crippen molar-refractivity contribution in [2.45, 2.75) is 49.0 Å². The SMILES string of the molecule is O=C(Cc1ccccc1O)N1C2CCC1CC(Br)C2. The summed E-state index contributed by atoms with van der Waals surface area (Å²) in [4.78, 5) is 15.1. The van der Waals surface area contributed by atoms with Crippen molar-refractivity contribution in [1.29, 1.82) is 0 Å². The first-order valence-corrected chi connectivity index (χ1v) is 7.79. The standard InChI is InChI=1S/C15H18BrNO2/c16-11-8-12-5-6-13(9-11)17(12)15(19)7-10-3-1-2-4-14(10)18/h1-4,11-13,18H,5-9H2. The Morgan fingerprint density at radius 3 is 2.53 bits per heavy atom. The third kappa shape index (κ3) is 2.50. The van der Waals surface area contributed by atoms with Gasteiger partial charge in [0.25, 0.3) is 0 Å². The Labute approximate surface area is 121 Å². The summed E-state index contributed by atoms with van der Waals surface area (Å²) in [6, 6.07) is 7.89. The number of halogens is 1. The predicted octanol–water partition coefficient (Wildman–Crippen LogP) is 2.85. The highest BCUT2D eigenvalue weighted by Crippen LogP contribution is 2.38. The maximum absolute atomic E-state index is 12.5. The first kappa shape index (κ1) is 13.0. The molecule has 2 aliphatic rings. The Morgan fingerprint density at radius 2 is 1.89 bits per heavy atom. The predicted molar refractivity (Wildman–Crippen MR) is 77.4 cm³/mol. The number of alkyl halides is 1. The van der Waals surface area contributed by atoms with Gasteiger partial charge in [0.15, 0.2) is 0 Å². The maximum Gasteiger partial charge on any atom is 0.227 e. The van der Waals surface area contributed by atoms with Crippen LogP contribution in [0, 0.1) is 0 Å². The number of carbonyl (C=O) groups is 1. The van der Waals surface area contributed by atoms with Crippen molar-refractivity contribution in [1.82, 2.24) is 4.90 Å². The van der Waals surface area contributed by atoms with Crippen LogP contribution >= 0.6 is 15.9 Å². The Balaban J connectivity index is 1.73. The molecule has 19 heavy (non-hydrogen) atoms. The van der Waals surface area contributed by atoms with Crippen molar-refractivity contribution >= 4 is 21.8 Å². The van der Waals surface area contributed by atoms with Crippen molar-refractivity contribution in [3.8, 4) is 5.75 Å². The highest BCUT2D eigenvalue weighted by molar-refractivity contribution is 9.09. The number of phenolic OH excluding ortho intramolecular Hbond substituents is 1. The van der Waals surface area contributed by atoms with E-state index in [0.717, 1.165) is 31.2 Å². The van der Waals surface area contributed by atoms with E-state index in [0.29, 0.717) is 23.3 Å². The van der Waals surface area contributed by atoms with Gasteiger partial charge in [-0.2, -0.15) is 0 Å². The summed E-state index contributed by atoms with van der Waals surface area (Å²) in [6.07, 6.45) is 4.68. The van der Waals surface area contributed by atoms with Crippen LogP contribution in [0.1, 0.15) is 31.2 Å². The van der Waals surface area contributed by atoms with Crippen LogP contribution in [-0.2, 0) is 11.2 Å². The summed E-state index contributed by atoms with van der Waals surface area (Å²) in [5, 5.41) is 9.77. The van der Waals surface area contributed by atoms with Crippen LogP contribution in [0.2, 0.25) is 0 Å². The number of phenols is 1. The molecule has 0 spiro atoms. The van der Waals surface area contributed by atoms with Crippen molar-refractivity contribution in [2.75, 3.05) is 0 Å². The van der Waals surface area contributed by atoms with Crippen LogP contribution in [0.5, 0.6) is 5.75 Å².